The lowest BCUT2D eigenvalue weighted by Gasteiger charge is -2.32. The summed E-state index contributed by atoms with van der Waals surface area (Å²) < 4.78 is 0. The molecule has 0 aromatic carbocycles. The summed E-state index contributed by atoms with van der Waals surface area (Å²) in [6, 6.07) is 0. The third kappa shape index (κ3) is 2.73. The molecule has 1 fully saturated rings. The molecular formula is C13H22N4O2. The highest BCUT2D eigenvalue weighted by Gasteiger charge is 2.28. The number of amides is 1. The van der Waals surface area contributed by atoms with E-state index in [-0.39, 0.29) is 17.9 Å². The number of anilines is 1. The van der Waals surface area contributed by atoms with Crippen molar-refractivity contribution in [2.45, 2.75) is 39.2 Å². The highest BCUT2D eigenvalue weighted by Crippen LogP contribution is 2.23. The molecule has 0 aliphatic carbocycles. The van der Waals surface area contributed by atoms with Crippen LogP contribution < -0.4 is 5.73 Å². The fraction of sp³-hybridized carbons (Fsp3) is 0.692. The van der Waals surface area contributed by atoms with Crippen LogP contribution in [0.4, 0.5) is 5.69 Å². The fourth-order valence-electron chi connectivity index (χ4n) is 2.55. The molecule has 0 saturated carbocycles. The number of nitrogens with two attached hydrogens (primary N) is 1. The first-order valence-corrected chi connectivity index (χ1v) is 6.84. The Morgan fingerprint density at radius 2 is 2.21 bits per heavy atom. The van der Waals surface area contributed by atoms with Crippen molar-refractivity contribution in [3.63, 3.8) is 0 Å². The minimum Gasteiger partial charge on any atom is -0.395 e. The van der Waals surface area contributed by atoms with Crippen molar-refractivity contribution in [2.24, 2.45) is 5.92 Å². The number of rotatable bonds is 3. The standard InChI is InChI=1S/C13H22N4O2/c1-3-10-11(14)12(16-15-10)13(19)17-6-4-9(5-7-17)8(2)18/h8-9,18H,3-7,14H2,1-2H3,(H,15,16). The number of nitrogens with one attached hydrogen (secondary N) is 1. The molecule has 0 spiro atoms. The number of aliphatic hydroxyl groups is 1. The average molecular weight is 266 g/mol. The number of carbonyl (C=O) groups is 1. The van der Waals surface area contributed by atoms with E-state index in [1.165, 1.54) is 0 Å². The Balaban J connectivity index is 2.03. The van der Waals surface area contributed by atoms with Crippen LogP contribution >= 0.6 is 0 Å². The first-order valence-electron chi connectivity index (χ1n) is 6.84. The van der Waals surface area contributed by atoms with Gasteiger partial charge in [-0.25, -0.2) is 0 Å². The number of aromatic amines is 1. The smallest absolute Gasteiger partial charge is 0.276 e. The van der Waals surface area contributed by atoms with Crippen LogP contribution in [-0.4, -0.2) is 45.3 Å². The minimum absolute atomic E-state index is 0.113. The van der Waals surface area contributed by atoms with E-state index in [9.17, 15) is 9.90 Å². The highest BCUT2D eigenvalue weighted by molar-refractivity contribution is 5.97. The van der Waals surface area contributed by atoms with Gasteiger partial charge in [-0.3, -0.25) is 9.89 Å². The summed E-state index contributed by atoms with van der Waals surface area (Å²) in [6.45, 7) is 5.08. The molecule has 106 valence electrons. The minimum atomic E-state index is -0.306. The Kier molecular flexibility index (Phi) is 4.09. The van der Waals surface area contributed by atoms with Crippen LogP contribution in [0.3, 0.4) is 0 Å². The fourth-order valence-corrected chi connectivity index (χ4v) is 2.55. The van der Waals surface area contributed by atoms with E-state index in [4.69, 9.17) is 5.73 Å². The summed E-state index contributed by atoms with van der Waals surface area (Å²) in [5.41, 5.74) is 7.51. The second kappa shape index (κ2) is 5.61. The van der Waals surface area contributed by atoms with Crippen molar-refractivity contribution in [2.75, 3.05) is 18.8 Å². The van der Waals surface area contributed by atoms with Crippen molar-refractivity contribution in [1.29, 1.82) is 0 Å². The van der Waals surface area contributed by atoms with Crippen LogP contribution in [-0.2, 0) is 6.42 Å². The number of nitrogens with zero attached hydrogens (tertiary/aromatic N) is 2. The van der Waals surface area contributed by atoms with Crippen LogP contribution in [0.25, 0.3) is 0 Å². The summed E-state index contributed by atoms with van der Waals surface area (Å²) in [4.78, 5) is 14.1. The topological polar surface area (TPSA) is 95.2 Å². The maximum atomic E-state index is 12.3. The highest BCUT2D eigenvalue weighted by atomic mass is 16.3. The molecule has 1 aromatic heterocycles. The van der Waals surface area contributed by atoms with Gasteiger partial charge >= 0.3 is 0 Å². The van der Waals surface area contributed by atoms with E-state index >= 15 is 0 Å². The lowest BCUT2D eigenvalue weighted by molar-refractivity contribution is 0.0518. The number of hydrogen-bond donors (Lipinski definition) is 3. The molecule has 6 nitrogen and oxygen atoms in total. The number of hydrogen-bond acceptors (Lipinski definition) is 4. The zero-order chi connectivity index (χ0) is 14.0. The summed E-state index contributed by atoms with van der Waals surface area (Å²) in [6.07, 6.45) is 2.08. The Labute approximate surface area is 113 Å². The Bertz CT molecular complexity index is 447. The van der Waals surface area contributed by atoms with Gasteiger partial charge in [-0.1, -0.05) is 6.92 Å². The normalized spacial score (nSPS) is 18.6. The van der Waals surface area contributed by atoms with Crippen molar-refractivity contribution in [1.82, 2.24) is 15.1 Å². The molecule has 6 heteroatoms. The summed E-state index contributed by atoms with van der Waals surface area (Å²) in [5, 5.41) is 16.4. The van der Waals surface area contributed by atoms with Gasteiger partial charge < -0.3 is 15.7 Å². The van der Waals surface area contributed by atoms with Gasteiger partial charge in [0.05, 0.1) is 17.5 Å². The first-order chi connectivity index (χ1) is 9.04. The van der Waals surface area contributed by atoms with E-state index in [0.29, 0.717) is 24.5 Å². The van der Waals surface area contributed by atoms with Gasteiger partial charge in [0.15, 0.2) is 5.69 Å². The number of aromatic nitrogens is 2. The van der Waals surface area contributed by atoms with Gasteiger partial charge in [0.1, 0.15) is 0 Å². The maximum Gasteiger partial charge on any atom is 0.276 e. The van der Waals surface area contributed by atoms with Gasteiger partial charge in [0.25, 0.3) is 5.91 Å². The molecule has 0 radical (unpaired) electrons. The summed E-state index contributed by atoms with van der Waals surface area (Å²) in [7, 11) is 0. The molecule has 2 rings (SSSR count). The SMILES string of the molecule is CCc1[nH]nc(C(=O)N2CCC(C(C)O)CC2)c1N. The Hall–Kier alpha value is -1.56. The third-order valence-electron chi connectivity index (χ3n) is 3.95. The zero-order valence-corrected chi connectivity index (χ0v) is 11.5. The number of H-pyrrole nitrogens is 1. The lowest BCUT2D eigenvalue weighted by Crippen LogP contribution is -2.41. The molecule has 1 aliphatic heterocycles. The zero-order valence-electron chi connectivity index (χ0n) is 11.5. The Morgan fingerprint density at radius 1 is 1.58 bits per heavy atom. The second-order valence-corrected chi connectivity index (χ2v) is 5.19. The van der Waals surface area contributed by atoms with Crippen molar-refractivity contribution >= 4 is 11.6 Å². The van der Waals surface area contributed by atoms with Gasteiger partial charge in [-0.05, 0) is 32.1 Å². The van der Waals surface area contributed by atoms with E-state index in [2.05, 4.69) is 10.2 Å². The molecule has 4 N–H and O–H groups in total. The Morgan fingerprint density at radius 3 is 2.68 bits per heavy atom. The number of piperidine rings is 1. The molecule has 1 aliphatic rings. The van der Waals surface area contributed by atoms with Gasteiger partial charge in [-0.15, -0.1) is 0 Å². The van der Waals surface area contributed by atoms with E-state index in [1.807, 2.05) is 6.92 Å². The molecule has 0 bridgehead atoms. The van der Waals surface area contributed by atoms with Crippen molar-refractivity contribution in [3.8, 4) is 0 Å². The molecule has 19 heavy (non-hydrogen) atoms. The largest absolute Gasteiger partial charge is 0.395 e. The molecule has 1 aromatic rings. The van der Waals surface area contributed by atoms with Crippen LogP contribution in [0.2, 0.25) is 0 Å². The van der Waals surface area contributed by atoms with Crippen LogP contribution in [0.1, 0.15) is 42.9 Å². The van der Waals surface area contributed by atoms with Gasteiger partial charge in [0, 0.05) is 13.1 Å². The molecule has 1 atom stereocenters. The van der Waals surface area contributed by atoms with E-state index in [0.717, 1.165) is 25.0 Å². The molecule has 1 saturated heterocycles. The second-order valence-electron chi connectivity index (χ2n) is 5.19. The molecular weight excluding hydrogens is 244 g/mol. The van der Waals surface area contributed by atoms with Gasteiger partial charge in [-0.2, -0.15) is 5.10 Å². The van der Waals surface area contributed by atoms with Crippen LogP contribution in [0.5, 0.6) is 0 Å². The average Bonchev–Trinajstić information content (AvgIpc) is 2.79. The quantitative estimate of drug-likeness (QED) is 0.753. The van der Waals surface area contributed by atoms with Gasteiger partial charge in [0.2, 0.25) is 0 Å². The summed E-state index contributed by atoms with van der Waals surface area (Å²) in [5.74, 6) is 0.171. The van der Waals surface area contributed by atoms with Crippen molar-refractivity contribution in [3.05, 3.63) is 11.4 Å². The predicted octanol–water partition coefficient (Wildman–Crippen LogP) is 0.787. The lowest BCUT2D eigenvalue weighted by atomic mass is 9.92. The number of aliphatic hydroxyl groups excluding tert-OH is 1. The molecule has 1 unspecified atom stereocenters. The van der Waals surface area contributed by atoms with E-state index < -0.39 is 0 Å². The number of likely N-dealkylation sites (tertiary alicyclic amines) is 1. The number of nitrogen functional groups attached to an aromatic ring is 1. The monoisotopic (exact) mass is 266 g/mol. The predicted molar refractivity (Wildman–Crippen MR) is 72.7 cm³/mol. The van der Waals surface area contributed by atoms with Crippen molar-refractivity contribution < 1.29 is 9.90 Å². The van der Waals surface area contributed by atoms with Crippen LogP contribution in [0, 0.1) is 5.92 Å². The molecule has 1 amide bonds. The van der Waals surface area contributed by atoms with Crippen LogP contribution in [0.15, 0.2) is 0 Å². The summed E-state index contributed by atoms with van der Waals surface area (Å²) >= 11 is 0. The number of aryl methyl sites for hydroxylation is 1. The maximum absolute atomic E-state index is 12.3. The molecule has 2 heterocycles. The number of carbonyl (C=O) groups excluding carboxylic acids is 1. The first kappa shape index (κ1) is 13.9. The van der Waals surface area contributed by atoms with E-state index in [1.54, 1.807) is 11.8 Å². The third-order valence-corrected chi connectivity index (χ3v) is 3.95.